The first-order chi connectivity index (χ1) is 14.4. The Kier molecular flexibility index (Phi) is 27.9. The van der Waals surface area contributed by atoms with Crippen molar-refractivity contribution in [2.24, 2.45) is 0 Å². The van der Waals surface area contributed by atoms with Crippen LogP contribution in [0.25, 0.3) is 0 Å². The summed E-state index contributed by atoms with van der Waals surface area (Å²) in [5, 5.41) is 0. The van der Waals surface area contributed by atoms with Crippen molar-refractivity contribution in [1.82, 2.24) is 5.73 Å². The molecule has 2 radical (unpaired) electrons. The van der Waals surface area contributed by atoms with Gasteiger partial charge in [-0.3, -0.25) is 0 Å². The van der Waals surface area contributed by atoms with Gasteiger partial charge in [0.1, 0.15) is 0 Å². The zero-order valence-corrected chi connectivity index (χ0v) is 20.5. The smallest absolute Gasteiger partial charge is 0.0321 e. The first-order valence-corrected chi connectivity index (χ1v) is 14.0. The maximum atomic E-state index is 8.75. The first kappa shape index (κ1) is 29.0. The summed E-state index contributed by atoms with van der Waals surface area (Å²) in [6.07, 6.45) is 37.1. The molecule has 0 aromatic heterocycles. The van der Waals surface area contributed by atoms with Gasteiger partial charge in [-0.15, -0.1) is 5.73 Å². The van der Waals surface area contributed by atoms with E-state index in [-0.39, 0.29) is 0 Å². The van der Waals surface area contributed by atoms with Crippen molar-refractivity contribution in [3.63, 3.8) is 0 Å². The van der Waals surface area contributed by atoms with Crippen LogP contribution < -0.4 is 5.73 Å². The Morgan fingerprint density at radius 2 is 0.448 bits per heavy atom. The van der Waals surface area contributed by atoms with Crippen LogP contribution in [0.4, 0.5) is 0 Å². The Balaban J connectivity index is 2.97. The highest BCUT2D eigenvalue weighted by atomic mass is 14.5. The Morgan fingerprint density at radius 3 is 0.621 bits per heavy atom. The van der Waals surface area contributed by atoms with Crippen LogP contribution in [0.1, 0.15) is 174 Å². The lowest BCUT2D eigenvalue weighted by Gasteiger charge is -2.04. The molecule has 174 valence electrons. The van der Waals surface area contributed by atoms with Gasteiger partial charge in [0.15, 0.2) is 0 Å². The molecule has 0 aliphatic carbocycles. The number of rotatable bonds is 26. The molecule has 0 saturated heterocycles. The normalized spacial score (nSPS) is 11.4. The molecule has 0 fully saturated rings. The summed E-state index contributed by atoms with van der Waals surface area (Å²) in [4.78, 5) is 0. The molecule has 0 bridgehead atoms. The lowest BCUT2D eigenvalue weighted by molar-refractivity contribution is 0.515. The van der Waals surface area contributed by atoms with Crippen LogP contribution in [-0.2, 0) is 0 Å². The van der Waals surface area contributed by atoms with E-state index in [4.69, 9.17) is 5.73 Å². The van der Waals surface area contributed by atoms with E-state index in [1.54, 1.807) is 0 Å². The molecule has 0 aromatic rings. The second-order valence-electron chi connectivity index (χ2n) is 9.56. The molecule has 1 heteroatoms. The molecule has 0 aliphatic heterocycles. The Labute approximate surface area is 186 Å². The molecule has 0 rings (SSSR count). The van der Waals surface area contributed by atoms with E-state index >= 15 is 0 Å². The third-order valence-electron chi connectivity index (χ3n) is 6.51. The summed E-state index contributed by atoms with van der Waals surface area (Å²) in [5.74, 6) is 0. The van der Waals surface area contributed by atoms with E-state index in [9.17, 15) is 0 Å². The van der Waals surface area contributed by atoms with Gasteiger partial charge in [0.05, 0.1) is 0 Å². The van der Waals surface area contributed by atoms with Crippen molar-refractivity contribution in [3.05, 3.63) is 0 Å². The van der Waals surface area contributed by atoms with Crippen LogP contribution in [0.2, 0.25) is 0 Å². The fourth-order valence-electron chi connectivity index (χ4n) is 4.43. The minimum atomic E-state index is 0.374. The second kappa shape index (κ2) is 28.0. The molecule has 0 aromatic carbocycles. The van der Waals surface area contributed by atoms with Crippen molar-refractivity contribution in [3.8, 4) is 0 Å². The average molecular weight is 408 g/mol. The molecule has 1 nitrogen and oxygen atoms in total. The summed E-state index contributed by atoms with van der Waals surface area (Å²) in [5.41, 5.74) is 8.75. The monoisotopic (exact) mass is 407 g/mol. The molecule has 0 unspecified atom stereocenters. The van der Waals surface area contributed by atoms with Crippen molar-refractivity contribution in [2.75, 3.05) is 6.54 Å². The summed E-state index contributed by atoms with van der Waals surface area (Å²) in [7, 11) is 0. The lowest BCUT2D eigenvalue weighted by atomic mass is 10.0. The molecular formula is C28H57N. The maximum Gasteiger partial charge on any atom is 0.0321 e. The fraction of sp³-hybridized carbons (Fsp3) is 1.00. The van der Waals surface area contributed by atoms with Gasteiger partial charge < -0.3 is 0 Å². The molecule has 0 heterocycles. The molecule has 0 spiro atoms. The Hall–Kier alpha value is -0.0400. The minimum absolute atomic E-state index is 0.374. The number of hydrogen-bond donors (Lipinski definition) is 0. The summed E-state index contributed by atoms with van der Waals surface area (Å²) in [6.45, 7) is 2.67. The van der Waals surface area contributed by atoms with Crippen LogP contribution in [0.3, 0.4) is 0 Å². The summed E-state index contributed by atoms with van der Waals surface area (Å²) < 4.78 is 0. The highest BCUT2D eigenvalue weighted by Crippen LogP contribution is 2.15. The van der Waals surface area contributed by atoms with Gasteiger partial charge in [0, 0.05) is 6.54 Å². The molecule has 29 heavy (non-hydrogen) atoms. The average Bonchev–Trinajstić information content (AvgIpc) is 2.74. The van der Waals surface area contributed by atoms with E-state index in [0.717, 1.165) is 6.42 Å². The van der Waals surface area contributed by atoms with Crippen molar-refractivity contribution < 1.29 is 0 Å². The van der Waals surface area contributed by atoms with E-state index in [1.807, 2.05) is 0 Å². The Morgan fingerprint density at radius 1 is 0.276 bits per heavy atom. The first-order valence-electron chi connectivity index (χ1n) is 14.0. The summed E-state index contributed by atoms with van der Waals surface area (Å²) in [6, 6.07) is 0. The standard InChI is InChI=1S/C28H57N/c1-2-3-4-5-6-7-8-9-10-11-12-13-14-15-16-17-18-19-20-21-22-23-24-25-26-27-28-29/h2-28H2,1H3. The van der Waals surface area contributed by atoms with Gasteiger partial charge in [-0.1, -0.05) is 167 Å². The zero-order chi connectivity index (χ0) is 21.1. The van der Waals surface area contributed by atoms with Gasteiger partial charge in [0.2, 0.25) is 0 Å². The highest BCUT2D eigenvalue weighted by Gasteiger charge is 1.96. The Bertz CT molecular complexity index is 237. The topological polar surface area (TPSA) is 22.3 Å². The van der Waals surface area contributed by atoms with Crippen LogP contribution in [0.5, 0.6) is 0 Å². The van der Waals surface area contributed by atoms with Gasteiger partial charge in [-0.2, -0.15) is 0 Å². The van der Waals surface area contributed by atoms with Crippen molar-refractivity contribution in [2.45, 2.75) is 174 Å². The van der Waals surface area contributed by atoms with Gasteiger partial charge in [-0.25, -0.2) is 0 Å². The predicted molar refractivity (Wildman–Crippen MR) is 133 cm³/mol. The third-order valence-corrected chi connectivity index (χ3v) is 6.51. The quantitative estimate of drug-likeness (QED) is 0.127. The van der Waals surface area contributed by atoms with E-state index in [0.29, 0.717) is 6.54 Å². The van der Waals surface area contributed by atoms with Crippen LogP contribution in [0.15, 0.2) is 0 Å². The predicted octanol–water partition coefficient (Wildman–Crippen LogP) is 10.2. The van der Waals surface area contributed by atoms with Gasteiger partial charge in [0.25, 0.3) is 0 Å². The maximum absolute atomic E-state index is 8.75. The van der Waals surface area contributed by atoms with Gasteiger partial charge in [-0.05, 0) is 6.42 Å². The molecule has 0 amide bonds. The second-order valence-corrected chi connectivity index (χ2v) is 9.56. The largest absolute Gasteiger partial charge is 0.145 e. The number of unbranched alkanes of at least 4 members (excludes halogenated alkanes) is 25. The van der Waals surface area contributed by atoms with Crippen LogP contribution in [-0.4, -0.2) is 6.54 Å². The van der Waals surface area contributed by atoms with E-state index in [2.05, 4.69) is 6.92 Å². The van der Waals surface area contributed by atoms with Crippen molar-refractivity contribution in [1.29, 1.82) is 0 Å². The number of nitrogens with zero attached hydrogens (tertiary/aromatic N) is 1. The van der Waals surface area contributed by atoms with Gasteiger partial charge >= 0.3 is 0 Å². The molecule has 0 saturated carbocycles. The van der Waals surface area contributed by atoms with Crippen LogP contribution in [0, 0.1) is 0 Å². The molecule has 0 atom stereocenters. The minimum Gasteiger partial charge on any atom is -0.145 e. The third kappa shape index (κ3) is 28.0. The van der Waals surface area contributed by atoms with Crippen molar-refractivity contribution >= 4 is 0 Å². The fourth-order valence-corrected chi connectivity index (χ4v) is 4.43. The van der Waals surface area contributed by atoms with E-state index in [1.165, 1.54) is 161 Å². The SMILES string of the molecule is CCCCCCCCCCCCCCCCCCCCCCCCCCCC[N]. The molecule has 0 N–H and O–H groups in total. The highest BCUT2D eigenvalue weighted by molar-refractivity contribution is 4.52. The summed E-state index contributed by atoms with van der Waals surface area (Å²) >= 11 is 0. The van der Waals surface area contributed by atoms with Crippen LogP contribution >= 0.6 is 0 Å². The van der Waals surface area contributed by atoms with E-state index < -0.39 is 0 Å². The molecular weight excluding hydrogens is 350 g/mol. The number of hydrogen-bond acceptors (Lipinski definition) is 0. The zero-order valence-electron chi connectivity index (χ0n) is 20.5. The molecule has 0 aliphatic rings. The lowest BCUT2D eigenvalue weighted by Crippen LogP contribution is -1.86.